The third kappa shape index (κ3) is 0.705. The summed E-state index contributed by atoms with van der Waals surface area (Å²) in [5.41, 5.74) is 6.11. The van der Waals surface area contributed by atoms with Crippen molar-refractivity contribution in [2.45, 2.75) is 13.8 Å². The Labute approximate surface area is 76.2 Å². The van der Waals surface area contributed by atoms with E-state index in [2.05, 4.69) is 41.4 Å². The quantitative estimate of drug-likeness (QED) is 0.506. The zero-order valence-corrected chi connectivity index (χ0v) is 7.70. The molecule has 2 heteroatoms. The van der Waals surface area contributed by atoms with Crippen LogP contribution < -0.4 is 0 Å². The minimum absolute atomic E-state index is 1.08. The van der Waals surface area contributed by atoms with Gasteiger partial charge in [0.2, 0.25) is 0 Å². The molecule has 13 heavy (non-hydrogen) atoms. The highest BCUT2D eigenvalue weighted by Crippen LogP contribution is 2.22. The van der Waals surface area contributed by atoms with E-state index in [1.807, 2.05) is 6.20 Å². The van der Waals surface area contributed by atoms with E-state index in [9.17, 15) is 0 Å². The average molecular weight is 170 g/mol. The van der Waals surface area contributed by atoms with Crippen molar-refractivity contribution in [1.29, 1.82) is 0 Å². The Morgan fingerprint density at radius 3 is 2.85 bits per heavy atom. The van der Waals surface area contributed by atoms with Gasteiger partial charge in [0.05, 0.1) is 17.2 Å². The minimum atomic E-state index is 1.08. The lowest BCUT2D eigenvalue weighted by Gasteiger charge is -2.02. The number of hydrogen-bond donors (Lipinski definition) is 0. The van der Waals surface area contributed by atoms with Crippen molar-refractivity contribution < 1.29 is 0 Å². The van der Waals surface area contributed by atoms with E-state index >= 15 is 0 Å². The second-order valence-electron chi connectivity index (χ2n) is 3.57. The number of imidazole rings is 1. The van der Waals surface area contributed by atoms with Gasteiger partial charge in [0.15, 0.2) is 0 Å². The molecular formula is C11H10N2. The maximum Gasteiger partial charge on any atom is 0.140 e. The predicted octanol–water partition coefficient (Wildman–Crippen LogP) is 2.54. The van der Waals surface area contributed by atoms with Crippen LogP contribution in [0.1, 0.15) is 11.1 Å². The number of aromatic nitrogens is 2. The number of rotatable bonds is 0. The molecule has 3 aromatic heterocycles. The van der Waals surface area contributed by atoms with Crippen molar-refractivity contribution in [3.63, 3.8) is 0 Å². The van der Waals surface area contributed by atoms with Crippen molar-refractivity contribution >= 4 is 16.7 Å². The number of pyridine rings is 1. The van der Waals surface area contributed by atoms with E-state index in [0.717, 1.165) is 5.65 Å². The molecule has 0 saturated carbocycles. The molecule has 0 radical (unpaired) electrons. The number of hydrogen-bond acceptors (Lipinski definition) is 1. The number of aryl methyl sites for hydroxylation is 2. The van der Waals surface area contributed by atoms with Gasteiger partial charge in [0.1, 0.15) is 5.65 Å². The molecule has 0 aromatic carbocycles. The maximum atomic E-state index is 4.38. The Morgan fingerprint density at radius 1 is 1.15 bits per heavy atom. The average Bonchev–Trinajstić information content (AvgIpc) is 2.60. The van der Waals surface area contributed by atoms with Gasteiger partial charge in [-0.1, -0.05) is 6.07 Å². The first-order valence-electron chi connectivity index (χ1n) is 4.43. The molecule has 3 heterocycles. The van der Waals surface area contributed by atoms with Gasteiger partial charge in [0, 0.05) is 0 Å². The lowest BCUT2D eigenvalue weighted by molar-refractivity contribution is 1.23. The fourth-order valence-electron chi connectivity index (χ4n) is 2.02. The lowest BCUT2D eigenvalue weighted by Crippen LogP contribution is -1.89. The monoisotopic (exact) mass is 170 g/mol. The summed E-state index contributed by atoms with van der Waals surface area (Å²) in [5.74, 6) is 0. The normalized spacial score (nSPS) is 11.8. The highest BCUT2D eigenvalue weighted by atomic mass is 15.0. The van der Waals surface area contributed by atoms with E-state index in [1.54, 1.807) is 0 Å². The summed E-state index contributed by atoms with van der Waals surface area (Å²) in [7, 11) is 0. The van der Waals surface area contributed by atoms with E-state index < -0.39 is 0 Å². The van der Waals surface area contributed by atoms with E-state index in [1.165, 1.54) is 22.2 Å². The Bertz CT molecular complexity index is 531. The molecule has 0 amide bonds. The fraction of sp³-hybridized carbons (Fsp3) is 0.182. The van der Waals surface area contributed by atoms with E-state index in [0.29, 0.717) is 0 Å². The Hall–Kier alpha value is -1.57. The maximum absolute atomic E-state index is 4.38. The van der Waals surface area contributed by atoms with Crippen molar-refractivity contribution in [3.05, 3.63) is 35.5 Å². The summed E-state index contributed by atoms with van der Waals surface area (Å²) < 4.78 is 2.21. The second kappa shape index (κ2) is 2.02. The number of nitrogens with zero attached hydrogens (tertiary/aromatic N) is 2. The molecule has 0 bridgehead atoms. The van der Waals surface area contributed by atoms with E-state index in [4.69, 9.17) is 0 Å². The predicted molar refractivity (Wildman–Crippen MR) is 53.4 cm³/mol. The summed E-state index contributed by atoms with van der Waals surface area (Å²) in [6.45, 7) is 4.25. The zero-order chi connectivity index (χ0) is 9.00. The van der Waals surface area contributed by atoms with Crippen LogP contribution in [0, 0.1) is 13.8 Å². The van der Waals surface area contributed by atoms with Crippen LogP contribution in [0.3, 0.4) is 0 Å². The van der Waals surface area contributed by atoms with Crippen LogP contribution in [-0.2, 0) is 0 Å². The van der Waals surface area contributed by atoms with Crippen LogP contribution >= 0.6 is 0 Å². The van der Waals surface area contributed by atoms with E-state index in [-0.39, 0.29) is 0 Å². The third-order valence-electron chi connectivity index (χ3n) is 2.63. The zero-order valence-electron chi connectivity index (χ0n) is 7.70. The molecule has 0 unspecified atom stereocenters. The molecular weight excluding hydrogens is 160 g/mol. The lowest BCUT2D eigenvalue weighted by atomic mass is 10.2. The van der Waals surface area contributed by atoms with Crippen molar-refractivity contribution in [1.82, 2.24) is 9.38 Å². The molecule has 0 N–H and O–H groups in total. The van der Waals surface area contributed by atoms with Gasteiger partial charge in [-0.25, -0.2) is 4.98 Å². The molecule has 0 spiro atoms. The Morgan fingerprint density at radius 2 is 2.00 bits per heavy atom. The van der Waals surface area contributed by atoms with Crippen molar-refractivity contribution in [2.24, 2.45) is 0 Å². The first kappa shape index (κ1) is 6.89. The van der Waals surface area contributed by atoms with Gasteiger partial charge >= 0.3 is 0 Å². The molecule has 0 aliphatic heterocycles. The molecule has 64 valence electrons. The fourth-order valence-corrected chi connectivity index (χ4v) is 2.02. The standard InChI is InChI=1S/C11H10N2/c1-7-5-8(2)11-12-6-9-3-4-10(7)13(9)11/h3-6H,1-2H3. The smallest absolute Gasteiger partial charge is 0.140 e. The Balaban J connectivity index is 2.74. The van der Waals surface area contributed by atoms with Gasteiger partial charge in [-0.3, -0.25) is 4.40 Å². The Kier molecular flexibility index (Phi) is 1.07. The molecule has 0 saturated heterocycles. The third-order valence-corrected chi connectivity index (χ3v) is 2.63. The summed E-state index contributed by atoms with van der Waals surface area (Å²) in [6.07, 6.45) is 1.93. The largest absolute Gasteiger partial charge is 0.293 e. The molecule has 3 rings (SSSR count). The van der Waals surface area contributed by atoms with Gasteiger partial charge < -0.3 is 0 Å². The summed E-state index contributed by atoms with van der Waals surface area (Å²) in [5, 5.41) is 0. The van der Waals surface area contributed by atoms with Crippen LogP contribution in [0.4, 0.5) is 0 Å². The van der Waals surface area contributed by atoms with Gasteiger partial charge in [-0.05, 0) is 37.1 Å². The van der Waals surface area contributed by atoms with Crippen LogP contribution in [0.25, 0.3) is 16.7 Å². The first-order valence-corrected chi connectivity index (χ1v) is 4.43. The van der Waals surface area contributed by atoms with Crippen molar-refractivity contribution in [2.75, 3.05) is 0 Å². The molecule has 0 aliphatic carbocycles. The SMILES string of the molecule is Cc1cc(C)c2ncc3ccc1n32. The highest BCUT2D eigenvalue weighted by Gasteiger charge is 2.08. The van der Waals surface area contributed by atoms with Crippen LogP contribution in [-0.4, -0.2) is 9.38 Å². The van der Waals surface area contributed by atoms with Crippen LogP contribution in [0.5, 0.6) is 0 Å². The van der Waals surface area contributed by atoms with Crippen LogP contribution in [0.2, 0.25) is 0 Å². The van der Waals surface area contributed by atoms with Gasteiger partial charge in [-0.2, -0.15) is 0 Å². The highest BCUT2D eigenvalue weighted by molar-refractivity contribution is 5.75. The second-order valence-corrected chi connectivity index (χ2v) is 3.57. The molecule has 0 fully saturated rings. The summed E-state index contributed by atoms with van der Waals surface area (Å²) in [4.78, 5) is 4.38. The summed E-state index contributed by atoms with van der Waals surface area (Å²) in [6, 6.07) is 6.46. The van der Waals surface area contributed by atoms with Gasteiger partial charge in [0.25, 0.3) is 0 Å². The molecule has 0 atom stereocenters. The molecule has 3 aromatic rings. The first-order chi connectivity index (χ1) is 6.27. The van der Waals surface area contributed by atoms with Gasteiger partial charge in [-0.15, -0.1) is 0 Å². The van der Waals surface area contributed by atoms with Crippen LogP contribution in [0.15, 0.2) is 24.4 Å². The molecule has 2 nitrogen and oxygen atoms in total. The topological polar surface area (TPSA) is 17.3 Å². The van der Waals surface area contributed by atoms with Crippen molar-refractivity contribution in [3.8, 4) is 0 Å². The summed E-state index contributed by atoms with van der Waals surface area (Å²) >= 11 is 0. The molecule has 0 aliphatic rings. The minimum Gasteiger partial charge on any atom is -0.293 e.